The standard InChI is InChI=1S/C20H26ClNO2/c1-3-5-12-22-14-17-8-11-19(20(13-17)23-4-2)24-15-16-6-9-18(21)10-7-16/h6-11,13,22H,3-5,12,14-15H2,1-2H3. The van der Waals surface area contributed by atoms with Crippen molar-refractivity contribution < 1.29 is 9.47 Å². The molecule has 0 heterocycles. The zero-order chi connectivity index (χ0) is 17.2. The van der Waals surface area contributed by atoms with Crippen LogP contribution in [0, 0.1) is 0 Å². The van der Waals surface area contributed by atoms with Gasteiger partial charge in [0.25, 0.3) is 0 Å². The van der Waals surface area contributed by atoms with Gasteiger partial charge in [-0.15, -0.1) is 0 Å². The molecule has 0 fully saturated rings. The first-order valence-corrected chi connectivity index (χ1v) is 8.94. The van der Waals surface area contributed by atoms with Gasteiger partial charge in [0.05, 0.1) is 6.61 Å². The Labute approximate surface area is 149 Å². The third kappa shape index (κ3) is 6.06. The van der Waals surface area contributed by atoms with Crippen LogP contribution in [0.2, 0.25) is 5.02 Å². The van der Waals surface area contributed by atoms with Crippen LogP contribution in [0.3, 0.4) is 0 Å². The molecule has 4 heteroatoms. The zero-order valence-corrected chi connectivity index (χ0v) is 15.2. The van der Waals surface area contributed by atoms with E-state index in [2.05, 4.69) is 24.4 Å². The molecule has 2 aromatic carbocycles. The van der Waals surface area contributed by atoms with E-state index in [9.17, 15) is 0 Å². The topological polar surface area (TPSA) is 30.5 Å². The van der Waals surface area contributed by atoms with E-state index in [0.29, 0.717) is 13.2 Å². The van der Waals surface area contributed by atoms with Crippen molar-refractivity contribution in [3.63, 3.8) is 0 Å². The van der Waals surface area contributed by atoms with Crippen LogP contribution in [-0.4, -0.2) is 13.2 Å². The first-order valence-electron chi connectivity index (χ1n) is 8.56. The molecule has 0 aliphatic rings. The number of benzene rings is 2. The van der Waals surface area contributed by atoms with E-state index in [-0.39, 0.29) is 0 Å². The molecule has 0 atom stereocenters. The summed E-state index contributed by atoms with van der Waals surface area (Å²) in [7, 11) is 0. The lowest BCUT2D eigenvalue weighted by molar-refractivity contribution is 0.269. The summed E-state index contributed by atoms with van der Waals surface area (Å²) in [5.41, 5.74) is 2.28. The molecule has 0 aromatic heterocycles. The summed E-state index contributed by atoms with van der Waals surface area (Å²) >= 11 is 5.91. The van der Waals surface area contributed by atoms with Gasteiger partial charge in [-0.1, -0.05) is 43.1 Å². The smallest absolute Gasteiger partial charge is 0.161 e. The van der Waals surface area contributed by atoms with Crippen LogP contribution in [0.25, 0.3) is 0 Å². The van der Waals surface area contributed by atoms with Gasteiger partial charge >= 0.3 is 0 Å². The highest BCUT2D eigenvalue weighted by Gasteiger charge is 2.07. The van der Waals surface area contributed by atoms with Gasteiger partial charge in [-0.05, 0) is 55.3 Å². The van der Waals surface area contributed by atoms with E-state index in [0.717, 1.165) is 35.2 Å². The molecule has 0 spiro atoms. The highest BCUT2D eigenvalue weighted by Crippen LogP contribution is 2.29. The molecule has 0 amide bonds. The van der Waals surface area contributed by atoms with Crippen LogP contribution in [0.1, 0.15) is 37.8 Å². The van der Waals surface area contributed by atoms with Gasteiger partial charge in [-0.25, -0.2) is 0 Å². The van der Waals surface area contributed by atoms with E-state index in [1.807, 2.05) is 37.3 Å². The van der Waals surface area contributed by atoms with Crippen molar-refractivity contribution in [1.82, 2.24) is 5.32 Å². The minimum atomic E-state index is 0.491. The van der Waals surface area contributed by atoms with Crippen molar-refractivity contribution in [2.24, 2.45) is 0 Å². The molecular weight excluding hydrogens is 322 g/mol. The lowest BCUT2D eigenvalue weighted by atomic mass is 10.2. The predicted molar refractivity (Wildman–Crippen MR) is 100 cm³/mol. The van der Waals surface area contributed by atoms with Gasteiger partial charge < -0.3 is 14.8 Å². The zero-order valence-electron chi connectivity index (χ0n) is 14.5. The van der Waals surface area contributed by atoms with Crippen molar-refractivity contribution in [2.75, 3.05) is 13.2 Å². The van der Waals surface area contributed by atoms with Crippen LogP contribution in [0.15, 0.2) is 42.5 Å². The summed E-state index contributed by atoms with van der Waals surface area (Å²) in [4.78, 5) is 0. The second-order valence-corrected chi connectivity index (χ2v) is 6.10. The van der Waals surface area contributed by atoms with E-state index in [4.69, 9.17) is 21.1 Å². The quantitative estimate of drug-likeness (QED) is 0.598. The van der Waals surface area contributed by atoms with Crippen LogP contribution >= 0.6 is 11.6 Å². The molecule has 3 nitrogen and oxygen atoms in total. The van der Waals surface area contributed by atoms with Crippen molar-refractivity contribution >= 4 is 11.6 Å². The molecule has 130 valence electrons. The largest absolute Gasteiger partial charge is 0.490 e. The third-order valence-corrected chi connectivity index (χ3v) is 3.90. The van der Waals surface area contributed by atoms with E-state index < -0.39 is 0 Å². The Balaban J connectivity index is 1.98. The third-order valence-electron chi connectivity index (χ3n) is 3.65. The molecule has 0 radical (unpaired) electrons. The summed E-state index contributed by atoms with van der Waals surface area (Å²) in [5, 5.41) is 4.18. The SMILES string of the molecule is CCCCNCc1ccc(OCc2ccc(Cl)cc2)c(OCC)c1. The molecule has 0 saturated heterocycles. The summed E-state index contributed by atoms with van der Waals surface area (Å²) < 4.78 is 11.7. The second kappa shape index (κ2) is 10.2. The van der Waals surface area contributed by atoms with Crippen molar-refractivity contribution in [2.45, 2.75) is 39.8 Å². The predicted octanol–water partition coefficient (Wildman–Crippen LogP) is 5.21. The lowest BCUT2D eigenvalue weighted by Gasteiger charge is -2.14. The number of nitrogens with one attached hydrogen (secondary N) is 1. The number of rotatable bonds is 10. The lowest BCUT2D eigenvalue weighted by Crippen LogP contribution is -2.14. The molecular formula is C20H26ClNO2. The fourth-order valence-corrected chi connectivity index (χ4v) is 2.45. The van der Waals surface area contributed by atoms with E-state index in [1.165, 1.54) is 18.4 Å². The fraction of sp³-hybridized carbons (Fsp3) is 0.400. The number of hydrogen-bond donors (Lipinski definition) is 1. The average Bonchev–Trinajstić information content (AvgIpc) is 2.60. The Morgan fingerprint density at radius 2 is 1.67 bits per heavy atom. The molecule has 0 unspecified atom stereocenters. The minimum Gasteiger partial charge on any atom is -0.490 e. The maximum absolute atomic E-state index is 5.93. The Morgan fingerprint density at radius 1 is 0.917 bits per heavy atom. The van der Waals surface area contributed by atoms with Gasteiger partial charge in [0.2, 0.25) is 0 Å². The Hall–Kier alpha value is -1.71. The Bertz CT molecular complexity index is 614. The Kier molecular flexibility index (Phi) is 7.93. The number of hydrogen-bond acceptors (Lipinski definition) is 3. The first kappa shape index (κ1) is 18.6. The highest BCUT2D eigenvalue weighted by atomic mass is 35.5. The molecule has 0 saturated carbocycles. The fourth-order valence-electron chi connectivity index (χ4n) is 2.33. The summed E-state index contributed by atoms with van der Waals surface area (Å²) in [6, 6.07) is 13.8. The van der Waals surface area contributed by atoms with E-state index >= 15 is 0 Å². The van der Waals surface area contributed by atoms with Gasteiger partial charge in [0, 0.05) is 11.6 Å². The Morgan fingerprint density at radius 3 is 2.38 bits per heavy atom. The first-order chi connectivity index (χ1) is 11.7. The molecule has 1 N–H and O–H groups in total. The number of halogens is 1. The highest BCUT2D eigenvalue weighted by molar-refractivity contribution is 6.30. The van der Waals surface area contributed by atoms with Crippen LogP contribution in [-0.2, 0) is 13.2 Å². The molecule has 2 rings (SSSR count). The molecule has 0 aliphatic carbocycles. The molecule has 0 aliphatic heterocycles. The van der Waals surface area contributed by atoms with E-state index in [1.54, 1.807) is 0 Å². The molecule has 2 aromatic rings. The normalized spacial score (nSPS) is 10.6. The van der Waals surface area contributed by atoms with Crippen molar-refractivity contribution in [3.05, 3.63) is 58.6 Å². The van der Waals surface area contributed by atoms with Crippen molar-refractivity contribution in [1.29, 1.82) is 0 Å². The van der Waals surface area contributed by atoms with Crippen LogP contribution in [0.5, 0.6) is 11.5 Å². The van der Waals surface area contributed by atoms with Crippen LogP contribution in [0.4, 0.5) is 0 Å². The number of ether oxygens (including phenoxy) is 2. The van der Waals surface area contributed by atoms with Gasteiger partial charge in [-0.2, -0.15) is 0 Å². The minimum absolute atomic E-state index is 0.491. The van der Waals surface area contributed by atoms with Gasteiger partial charge in [-0.3, -0.25) is 0 Å². The second-order valence-electron chi connectivity index (χ2n) is 5.66. The summed E-state index contributed by atoms with van der Waals surface area (Å²) in [5.74, 6) is 1.56. The maximum atomic E-state index is 5.93. The summed E-state index contributed by atoms with van der Waals surface area (Å²) in [6.45, 7) is 7.17. The molecule has 0 bridgehead atoms. The average molecular weight is 348 g/mol. The molecule has 24 heavy (non-hydrogen) atoms. The van der Waals surface area contributed by atoms with Gasteiger partial charge in [0.1, 0.15) is 6.61 Å². The van der Waals surface area contributed by atoms with Crippen LogP contribution < -0.4 is 14.8 Å². The summed E-state index contributed by atoms with van der Waals surface area (Å²) in [6.07, 6.45) is 2.40. The maximum Gasteiger partial charge on any atom is 0.161 e. The van der Waals surface area contributed by atoms with Gasteiger partial charge in [0.15, 0.2) is 11.5 Å². The number of unbranched alkanes of at least 4 members (excludes halogenated alkanes) is 1. The monoisotopic (exact) mass is 347 g/mol. The van der Waals surface area contributed by atoms with Crippen molar-refractivity contribution in [3.8, 4) is 11.5 Å².